The summed E-state index contributed by atoms with van der Waals surface area (Å²) in [4.78, 5) is 33.1. The van der Waals surface area contributed by atoms with Crippen molar-refractivity contribution >= 4 is 64.1 Å². The number of benzene rings is 4. The lowest BCUT2D eigenvalue weighted by Crippen LogP contribution is -2.03. The fourth-order valence-corrected chi connectivity index (χ4v) is 8.78. The van der Waals surface area contributed by atoms with E-state index in [1.807, 2.05) is 26.8 Å². The van der Waals surface area contributed by atoms with Crippen LogP contribution in [0.15, 0.2) is 95.9 Å². The molecule has 0 amide bonds. The van der Waals surface area contributed by atoms with Crippen molar-refractivity contribution < 1.29 is 50.9 Å². The zero-order valence-corrected chi connectivity index (χ0v) is 34.4. The molecule has 2 aromatic heterocycles. The van der Waals surface area contributed by atoms with Crippen molar-refractivity contribution in [3.05, 3.63) is 145 Å². The molecule has 0 saturated heterocycles. The molecule has 0 aliphatic carbocycles. The molecule has 0 spiro atoms. The Morgan fingerprint density at radius 3 is 1.80 bits per heavy atom. The number of alkyl halides is 6. The maximum absolute atomic E-state index is 12.7. The highest BCUT2D eigenvalue weighted by atomic mass is 35.5. The van der Waals surface area contributed by atoms with Gasteiger partial charge in [0.2, 0.25) is 0 Å². The molecule has 0 radical (unpaired) electrons. The highest BCUT2D eigenvalue weighted by Crippen LogP contribution is 2.37. The summed E-state index contributed by atoms with van der Waals surface area (Å²) >= 11 is 10.6. The minimum Gasteiger partial charge on any atom is -0.488 e. The molecule has 0 unspecified atom stereocenters. The predicted octanol–water partition coefficient (Wildman–Crippen LogP) is 12.8. The summed E-state index contributed by atoms with van der Waals surface area (Å²) in [5.41, 5.74) is 3.73. The molecule has 0 atom stereocenters. The van der Waals surface area contributed by atoms with Gasteiger partial charge in [-0.1, -0.05) is 48.0 Å². The van der Waals surface area contributed by atoms with Crippen LogP contribution in [0.3, 0.4) is 0 Å². The standard InChI is InChI=1S/C22H18F3NO3S.C20H15ClF3NO2S2/c1-13-11-18(9-5-15(13)6-10-20(27)28)29-12-19-14(2)26-21(30-19)16-3-7-17(8-4-16)22(23,24)25;1-11-17(10-28-16-7-2-12(8-15(16)21)9-18(26)27)29-19(25-11)13-3-5-14(6-4-13)20(22,23)24/h3-11H,12H2,1-2H3,(H,27,28);2-8H,9-10H2,1H3,(H,26,27)/b10-6+;. The largest absolute Gasteiger partial charge is 0.488 e. The van der Waals surface area contributed by atoms with Gasteiger partial charge in [0.25, 0.3) is 0 Å². The molecule has 6 rings (SSSR count). The molecule has 2 heterocycles. The van der Waals surface area contributed by atoms with Gasteiger partial charge in [0.15, 0.2) is 0 Å². The van der Waals surface area contributed by atoms with E-state index in [1.165, 1.54) is 64.8 Å². The summed E-state index contributed by atoms with van der Waals surface area (Å²) in [5.74, 6) is -0.706. The number of aromatic nitrogens is 2. The lowest BCUT2D eigenvalue weighted by Gasteiger charge is -2.08. The van der Waals surface area contributed by atoms with Crippen molar-refractivity contribution in [2.45, 2.75) is 56.8 Å². The molecule has 4 aromatic carbocycles. The van der Waals surface area contributed by atoms with Crippen molar-refractivity contribution in [3.63, 3.8) is 0 Å². The van der Waals surface area contributed by atoms with Gasteiger partial charge in [0.05, 0.1) is 38.8 Å². The Hall–Kier alpha value is -5.16. The number of halogens is 7. The molecule has 17 heteroatoms. The van der Waals surface area contributed by atoms with E-state index in [-0.39, 0.29) is 13.0 Å². The molecule has 59 heavy (non-hydrogen) atoms. The predicted molar refractivity (Wildman–Crippen MR) is 219 cm³/mol. The van der Waals surface area contributed by atoms with Crippen molar-refractivity contribution in [2.24, 2.45) is 0 Å². The zero-order chi connectivity index (χ0) is 43.1. The van der Waals surface area contributed by atoms with Gasteiger partial charge < -0.3 is 14.9 Å². The first-order valence-corrected chi connectivity index (χ1v) is 20.3. The molecule has 0 bridgehead atoms. The van der Waals surface area contributed by atoms with Gasteiger partial charge in [0, 0.05) is 32.7 Å². The van der Waals surface area contributed by atoms with E-state index in [2.05, 4.69) is 9.97 Å². The van der Waals surface area contributed by atoms with E-state index in [1.54, 1.807) is 30.3 Å². The number of thiazole rings is 2. The van der Waals surface area contributed by atoms with Crippen LogP contribution in [-0.4, -0.2) is 32.1 Å². The van der Waals surface area contributed by atoms with Gasteiger partial charge in [-0.2, -0.15) is 26.3 Å². The summed E-state index contributed by atoms with van der Waals surface area (Å²) in [6.07, 6.45) is -6.22. The fraction of sp³-hybridized carbons (Fsp3) is 0.190. The van der Waals surface area contributed by atoms with E-state index < -0.39 is 35.4 Å². The minimum atomic E-state index is -4.37. The highest BCUT2D eigenvalue weighted by molar-refractivity contribution is 7.98. The third-order valence-corrected chi connectivity index (χ3v) is 12.5. The number of carboxylic acid groups (broad SMARTS) is 2. The second kappa shape index (κ2) is 19.3. The first kappa shape index (κ1) is 44.9. The topological polar surface area (TPSA) is 110 Å². The number of nitrogens with zero attached hydrogens (tertiary/aromatic N) is 2. The fourth-order valence-electron chi connectivity index (χ4n) is 5.30. The Morgan fingerprint density at radius 2 is 1.31 bits per heavy atom. The van der Waals surface area contributed by atoms with Crippen LogP contribution in [0.25, 0.3) is 27.2 Å². The summed E-state index contributed by atoms with van der Waals surface area (Å²) in [5, 5.41) is 19.4. The third kappa shape index (κ3) is 12.7. The van der Waals surface area contributed by atoms with Gasteiger partial charge in [-0.15, -0.1) is 34.4 Å². The number of aliphatic carboxylic acids is 2. The number of hydrogen-bond acceptors (Lipinski definition) is 8. The average molecular weight is 891 g/mol. The summed E-state index contributed by atoms with van der Waals surface area (Å²) < 4.78 is 82.1. The molecule has 2 N–H and O–H groups in total. The average Bonchev–Trinajstić information content (AvgIpc) is 3.73. The minimum absolute atomic E-state index is 0.0882. The Kier molecular flexibility index (Phi) is 14.7. The van der Waals surface area contributed by atoms with Crippen molar-refractivity contribution in [1.29, 1.82) is 0 Å². The van der Waals surface area contributed by atoms with Crippen LogP contribution in [0.4, 0.5) is 26.3 Å². The number of hydrogen-bond donors (Lipinski definition) is 2. The van der Waals surface area contributed by atoms with E-state index in [4.69, 9.17) is 26.6 Å². The third-order valence-electron chi connectivity index (χ3n) is 8.43. The first-order valence-electron chi connectivity index (χ1n) is 17.3. The van der Waals surface area contributed by atoms with Crippen LogP contribution in [0, 0.1) is 20.8 Å². The van der Waals surface area contributed by atoms with Gasteiger partial charge in [-0.05, 0) is 92.1 Å². The second-order valence-corrected chi connectivity index (χ2v) is 16.4. The van der Waals surface area contributed by atoms with E-state index >= 15 is 0 Å². The maximum atomic E-state index is 12.7. The highest BCUT2D eigenvalue weighted by Gasteiger charge is 2.31. The van der Waals surface area contributed by atoms with Crippen LogP contribution in [0.2, 0.25) is 5.02 Å². The number of carboxylic acids is 2. The molecular weight excluding hydrogens is 858 g/mol. The van der Waals surface area contributed by atoms with Crippen LogP contribution < -0.4 is 4.74 Å². The Morgan fingerprint density at radius 1 is 0.763 bits per heavy atom. The van der Waals surface area contributed by atoms with Crippen LogP contribution in [0.5, 0.6) is 5.75 Å². The van der Waals surface area contributed by atoms with Crippen LogP contribution >= 0.6 is 46.0 Å². The van der Waals surface area contributed by atoms with Crippen LogP contribution in [-0.2, 0) is 40.7 Å². The van der Waals surface area contributed by atoms with Crippen molar-refractivity contribution in [3.8, 4) is 26.9 Å². The van der Waals surface area contributed by atoms with Gasteiger partial charge >= 0.3 is 24.3 Å². The summed E-state index contributed by atoms with van der Waals surface area (Å²) in [7, 11) is 0. The lowest BCUT2D eigenvalue weighted by molar-refractivity contribution is -0.138. The maximum Gasteiger partial charge on any atom is 0.416 e. The molecule has 308 valence electrons. The van der Waals surface area contributed by atoms with Gasteiger partial charge in [-0.25, -0.2) is 14.8 Å². The van der Waals surface area contributed by atoms with Gasteiger partial charge in [-0.3, -0.25) is 4.79 Å². The first-order chi connectivity index (χ1) is 27.8. The Labute approximate surface area is 352 Å². The van der Waals surface area contributed by atoms with E-state index in [0.717, 1.165) is 67.5 Å². The molecule has 0 fully saturated rings. The van der Waals surface area contributed by atoms with E-state index in [9.17, 15) is 35.9 Å². The molecule has 7 nitrogen and oxygen atoms in total. The molecule has 0 aliphatic rings. The number of aryl methyl sites for hydroxylation is 3. The lowest BCUT2D eigenvalue weighted by atomic mass is 10.1. The van der Waals surface area contributed by atoms with Crippen molar-refractivity contribution in [2.75, 3.05) is 0 Å². The number of ether oxygens (including phenoxy) is 1. The monoisotopic (exact) mass is 890 g/mol. The zero-order valence-electron chi connectivity index (χ0n) is 31.2. The molecule has 6 aromatic rings. The second-order valence-electron chi connectivity index (χ2n) is 12.8. The summed E-state index contributed by atoms with van der Waals surface area (Å²) in [6.45, 7) is 5.81. The molecular formula is C42H33ClF6N2O5S3. The number of rotatable bonds is 12. The smallest absolute Gasteiger partial charge is 0.416 e. The number of carbonyl (C=O) groups is 2. The SMILES string of the molecule is Cc1cc(OCc2sc(-c3ccc(C(F)(F)F)cc3)nc2C)ccc1/C=C/C(=O)O.Cc1nc(-c2ccc(C(F)(F)F)cc2)sc1CSc1ccc(CC(=O)O)cc1Cl. The Bertz CT molecular complexity index is 2460. The quantitative estimate of drug-likeness (QED) is 0.0710. The normalized spacial score (nSPS) is 11.7. The molecule has 0 aliphatic heterocycles. The molecule has 0 saturated carbocycles. The number of thioether (sulfide) groups is 1. The van der Waals surface area contributed by atoms with Gasteiger partial charge in [0.1, 0.15) is 22.4 Å². The van der Waals surface area contributed by atoms with E-state index in [0.29, 0.717) is 43.2 Å². The Balaban J connectivity index is 0.000000224. The summed E-state index contributed by atoms with van der Waals surface area (Å²) in [6, 6.07) is 20.4. The van der Waals surface area contributed by atoms with Crippen LogP contribution in [0.1, 0.15) is 49.0 Å². The van der Waals surface area contributed by atoms with Crippen molar-refractivity contribution in [1.82, 2.24) is 9.97 Å².